The molecule has 3 aromatic carbocycles. The van der Waals surface area contributed by atoms with Gasteiger partial charge in [0.1, 0.15) is 5.52 Å². The average Bonchev–Trinajstić information content (AvgIpc) is 3.05. The highest BCUT2D eigenvalue weighted by Gasteiger charge is 2.11. The Labute approximate surface area is 164 Å². The molecule has 1 amide bonds. The fourth-order valence-electron chi connectivity index (χ4n) is 3.35. The van der Waals surface area contributed by atoms with Gasteiger partial charge < -0.3 is 5.32 Å². The summed E-state index contributed by atoms with van der Waals surface area (Å²) in [6.07, 6.45) is 0. The van der Waals surface area contributed by atoms with Crippen LogP contribution in [-0.2, 0) is 6.54 Å². The van der Waals surface area contributed by atoms with Gasteiger partial charge in [0.25, 0.3) is 5.91 Å². The number of benzene rings is 3. The molecule has 0 saturated heterocycles. The van der Waals surface area contributed by atoms with Crippen LogP contribution in [-0.4, -0.2) is 20.9 Å². The lowest BCUT2D eigenvalue weighted by atomic mass is 10.1. The van der Waals surface area contributed by atoms with Crippen molar-refractivity contribution in [3.05, 3.63) is 88.5 Å². The molecule has 0 aliphatic rings. The fourth-order valence-corrected chi connectivity index (χ4v) is 3.35. The predicted molar refractivity (Wildman–Crippen MR) is 112 cm³/mol. The number of hydrogen-bond acceptors (Lipinski definition) is 3. The van der Waals surface area contributed by atoms with Gasteiger partial charge in [-0.05, 0) is 67.8 Å². The quantitative estimate of drug-likeness (QED) is 0.568. The van der Waals surface area contributed by atoms with Crippen LogP contribution in [0, 0.1) is 20.8 Å². The molecule has 1 aromatic heterocycles. The summed E-state index contributed by atoms with van der Waals surface area (Å²) >= 11 is 0. The Bertz CT molecular complexity index is 1140. The third kappa shape index (κ3) is 3.78. The molecule has 0 unspecified atom stereocenters. The first kappa shape index (κ1) is 17.9. The number of amides is 1. The number of aromatic nitrogens is 3. The average molecular weight is 370 g/mol. The minimum absolute atomic E-state index is 0.153. The van der Waals surface area contributed by atoms with Crippen molar-refractivity contribution in [1.82, 2.24) is 15.0 Å². The van der Waals surface area contributed by atoms with Gasteiger partial charge in [0.2, 0.25) is 0 Å². The third-order valence-electron chi connectivity index (χ3n) is 4.71. The third-order valence-corrected chi connectivity index (χ3v) is 4.71. The molecule has 5 heteroatoms. The summed E-state index contributed by atoms with van der Waals surface area (Å²) in [4.78, 5) is 12.6. The maximum absolute atomic E-state index is 12.6. The Morgan fingerprint density at radius 1 is 0.893 bits per heavy atom. The van der Waals surface area contributed by atoms with E-state index in [0.29, 0.717) is 17.6 Å². The molecule has 140 valence electrons. The number of fused-ring (bicyclic) bond motifs is 1. The summed E-state index contributed by atoms with van der Waals surface area (Å²) in [5.41, 5.74) is 7.60. The first-order valence-electron chi connectivity index (χ1n) is 9.26. The van der Waals surface area contributed by atoms with Gasteiger partial charge in [-0.3, -0.25) is 4.79 Å². The van der Waals surface area contributed by atoms with E-state index in [-0.39, 0.29) is 5.91 Å². The van der Waals surface area contributed by atoms with E-state index in [9.17, 15) is 4.79 Å². The second-order valence-electron chi connectivity index (χ2n) is 7.27. The largest absolute Gasteiger partial charge is 0.322 e. The highest BCUT2D eigenvalue weighted by atomic mass is 16.1. The van der Waals surface area contributed by atoms with E-state index in [2.05, 4.69) is 52.9 Å². The molecule has 4 rings (SSSR count). The van der Waals surface area contributed by atoms with Gasteiger partial charge in [-0.15, -0.1) is 5.10 Å². The van der Waals surface area contributed by atoms with Gasteiger partial charge in [-0.1, -0.05) is 41.1 Å². The lowest BCUT2D eigenvalue weighted by Crippen LogP contribution is -2.12. The summed E-state index contributed by atoms with van der Waals surface area (Å²) in [6.45, 7) is 6.74. The lowest BCUT2D eigenvalue weighted by Gasteiger charge is -2.08. The second kappa shape index (κ2) is 7.27. The van der Waals surface area contributed by atoms with Crippen molar-refractivity contribution in [2.45, 2.75) is 27.3 Å². The number of hydrogen-bond donors (Lipinski definition) is 1. The molecule has 0 fully saturated rings. The van der Waals surface area contributed by atoms with Gasteiger partial charge >= 0.3 is 0 Å². The highest BCUT2D eigenvalue weighted by Crippen LogP contribution is 2.18. The van der Waals surface area contributed by atoms with E-state index in [1.54, 1.807) is 6.07 Å². The van der Waals surface area contributed by atoms with Gasteiger partial charge in [-0.2, -0.15) is 0 Å². The zero-order valence-corrected chi connectivity index (χ0v) is 16.2. The van der Waals surface area contributed by atoms with Crippen molar-refractivity contribution in [3.8, 4) is 0 Å². The molecule has 0 saturated carbocycles. The summed E-state index contributed by atoms with van der Waals surface area (Å²) < 4.78 is 1.85. The predicted octanol–water partition coefficient (Wildman–Crippen LogP) is 4.66. The Kier molecular flexibility index (Phi) is 4.65. The van der Waals surface area contributed by atoms with Crippen LogP contribution < -0.4 is 5.32 Å². The van der Waals surface area contributed by atoms with E-state index in [1.165, 1.54) is 5.56 Å². The molecule has 0 atom stereocenters. The molecule has 0 radical (unpaired) electrons. The number of aryl methyl sites for hydroxylation is 3. The van der Waals surface area contributed by atoms with Crippen LogP contribution in [0.25, 0.3) is 11.0 Å². The zero-order chi connectivity index (χ0) is 19.7. The van der Waals surface area contributed by atoms with E-state index in [4.69, 9.17) is 0 Å². The Hall–Kier alpha value is -3.47. The van der Waals surface area contributed by atoms with Crippen molar-refractivity contribution in [2.75, 3.05) is 5.32 Å². The topological polar surface area (TPSA) is 59.8 Å². The van der Waals surface area contributed by atoms with Crippen molar-refractivity contribution in [1.29, 1.82) is 0 Å². The van der Waals surface area contributed by atoms with E-state index in [1.807, 2.05) is 42.8 Å². The van der Waals surface area contributed by atoms with Crippen LogP contribution >= 0.6 is 0 Å². The number of carbonyl (C=O) groups excluding carboxylic acids is 1. The molecule has 0 spiro atoms. The first-order valence-corrected chi connectivity index (χ1v) is 9.26. The van der Waals surface area contributed by atoms with Gasteiger partial charge in [0, 0.05) is 11.3 Å². The first-order chi connectivity index (χ1) is 13.5. The second-order valence-corrected chi connectivity index (χ2v) is 7.27. The van der Waals surface area contributed by atoms with Crippen LogP contribution in [0.1, 0.15) is 32.6 Å². The van der Waals surface area contributed by atoms with Gasteiger partial charge in [0.15, 0.2) is 0 Å². The van der Waals surface area contributed by atoms with E-state index < -0.39 is 0 Å². The fraction of sp³-hybridized carbons (Fsp3) is 0.174. The Morgan fingerprint density at radius 3 is 2.32 bits per heavy atom. The molecule has 1 N–H and O–H groups in total. The normalized spacial score (nSPS) is 11.0. The number of rotatable bonds is 4. The molecule has 0 aliphatic carbocycles. The molecular formula is C23H22N4O. The maximum atomic E-state index is 12.6. The lowest BCUT2D eigenvalue weighted by molar-refractivity contribution is 0.102. The molecule has 28 heavy (non-hydrogen) atoms. The van der Waals surface area contributed by atoms with Crippen LogP contribution in [0.3, 0.4) is 0 Å². The van der Waals surface area contributed by atoms with Crippen molar-refractivity contribution in [2.24, 2.45) is 0 Å². The standard InChI is InChI=1S/C23H22N4O/c1-15-4-6-18(7-5-15)14-27-22-9-8-19(13-21(22)25-26-27)23(28)24-20-11-16(2)10-17(3)12-20/h4-13H,14H2,1-3H3,(H,24,28). The minimum Gasteiger partial charge on any atom is -0.322 e. The maximum Gasteiger partial charge on any atom is 0.255 e. The monoisotopic (exact) mass is 370 g/mol. The summed E-state index contributed by atoms with van der Waals surface area (Å²) in [5.74, 6) is -0.153. The van der Waals surface area contributed by atoms with E-state index >= 15 is 0 Å². The van der Waals surface area contributed by atoms with Crippen LogP contribution in [0.5, 0.6) is 0 Å². The number of nitrogens with one attached hydrogen (secondary N) is 1. The number of anilines is 1. The van der Waals surface area contributed by atoms with Crippen molar-refractivity contribution >= 4 is 22.6 Å². The summed E-state index contributed by atoms with van der Waals surface area (Å²) in [7, 11) is 0. The number of nitrogens with zero attached hydrogens (tertiary/aromatic N) is 3. The summed E-state index contributed by atoms with van der Waals surface area (Å²) in [6, 6.07) is 19.9. The molecule has 4 aromatic rings. The SMILES string of the molecule is Cc1ccc(Cn2nnc3cc(C(=O)Nc4cc(C)cc(C)c4)ccc32)cc1. The van der Waals surface area contributed by atoms with Crippen LogP contribution in [0.4, 0.5) is 5.69 Å². The summed E-state index contributed by atoms with van der Waals surface area (Å²) in [5, 5.41) is 11.5. The zero-order valence-electron chi connectivity index (χ0n) is 16.2. The Balaban J connectivity index is 1.56. The van der Waals surface area contributed by atoms with Crippen molar-refractivity contribution in [3.63, 3.8) is 0 Å². The smallest absolute Gasteiger partial charge is 0.255 e. The van der Waals surface area contributed by atoms with Crippen molar-refractivity contribution < 1.29 is 4.79 Å². The van der Waals surface area contributed by atoms with Crippen LogP contribution in [0.15, 0.2) is 60.7 Å². The molecular weight excluding hydrogens is 348 g/mol. The number of carbonyl (C=O) groups is 1. The molecule has 1 heterocycles. The van der Waals surface area contributed by atoms with Crippen LogP contribution in [0.2, 0.25) is 0 Å². The molecule has 5 nitrogen and oxygen atoms in total. The highest BCUT2D eigenvalue weighted by molar-refractivity contribution is 6.06. The molecule has 0 aliphatic heterocycles. The Morgan fingerprint density at radius 2 is 1.61 bits per heavy atom. The van der Waals surface area contributed by atoms with Gasteiger partial charge in [-0.25, -0.2) is 4.68 Å². The molecule has 0 bridgehead atoms. The van der Waals surface area contributed by atoms with Gasteiger partial charge in [0.05, 0.1) is 12.1 Å². The minimum atomic E-state index is -0.153. The van der Waals surface area contributed by atoms with E-state index in [0.717, 1.165) is 27.9 Å².